The molecule has 1 saturated carbocycles. The van der Waals surface area contributed by atoms with Crippen LogP contribution < -0.4 is 10.1 Å². The molecule has 7 nitrogen and oxygen atoms in total. The summed E-state index contributed by atoms with van der Waals surface area (Å²) in [7, 11) is 1.87. The first-order chi connectivity index (χ1) is 11.0. The molecule has 1 aromatic heterocycles. The lowest BCUT2D eigenvalue weighted by Gasteiger charge is -2.06. The van der Waals surface area contributed by atoms with E-state index < -0.39 is 12.6 Å². The Kier molecular flexibility index (Phi) is 4.01. The predicted molar refractivity (Wildman–Crippen MR) is 81.4 cm³/mol. The van der Waals surface area contributed by atoms with Gasteiger partial charge in [-0.25, -0.2) is 4.79 Å². The first kappa shape index (κ1) is 15.1. The summed E-state index contributed by atoms with van der Waals surface area (Å²) in [6.07, 6.45) is 2.78. The maximum Gasteiger partial charge on any atom is 0.341 e. The first-order valence-electron chi connectivity index (χ1n) is 7.28. The highest BCUT2D eigenvalue weighted by Gasteiger charge is 2.41. The maximum absolute atomic E-state index is 12.2. The number of ether oxygens (including phenoxy) is 1. The van der Waals surface area contributed by atoms with E-state index in [-0.39, 0.29) is 17.9 Å². The topological polar surface area (TPSA) is 93.5 Å². The van der Waals surface area contributed by atoms with Crippen molar-refractivity contribution in [2.75, 3.05) is 6.61 Å². The van der Waals surface area contributed by atoms with Crippen LogP contribution in [0.4, 0.5) is 0 Å². The van der Waals surface area contributed by atoms with Crippen LogP contribution in [-0.2, 0) is 11.8 Å². The average molecular weight is 315 g/mol. The Morgan fingerprint density at radius 3 is 2.70 bits per heavy atom. The van der Waals surface area contributed by atoms with Crippen LogP contribution in [-0.4, -0.2) is 39.4 Å². The number of nitrogens with zero attached hydrogens (tertiary/aromatic N) is 2. The number of aliphatic carboxylic acids is 1. The second-order valence-corrected chi connectivity index (χ2v) is 5.54. The van der Waals surface area contributed by atoms with Crippen molar-refractivity contribution in [1.29, 1.82) is 0 Å². The van der Waals surface area contributed by atoms with Crippen molar-refractivity contribution in [2.24, 2.45) is 7.05 Å². The summed E-state index contributed by atoms with van der Waals surface area (Å²) < 4.78 is 6.78. The lowest BCUT2D eigenvalue weighted by Crippen LogP contribution is -2.26. The molecule has 3 rings (SSSR count). The zero-order chi connectivity index (χ0) is 16.4. The third-order valence-corrected chi connectivity index (χ3v) is 3.70. The van der Waals surface area contributed by atoms with Gasteiger partial charge in [-0.2, -0.15) is 5.10 Å². The number of rotatable bonds is 6. The lowest BCUT2D eigenvalue weighted by atomic mass is 10.2. The molecular weight excluding hydrogens is 298 g/mol. The number of hydrogen-bond donors (Lipinski definition) is 2. The molecule has 1 fully saturated rings. The van der Waals surface area contributed by atoms with Gasteiger partial charge in [-0.3, -0.25) is 9.48 Å². The number of aryl methyl sites for hydroxylation is 1. The van der Waals surface area contributed by atoms with E-state index in [1.807, 2.05) is 19.3 Å². The molecular formula is C16H17N3O4. The summed E-state index contributed by atoms with van der Waals surface area (Å²) in [5, 5.41) is 15.9. The van der Waals surface area contributed by atoms with E-state index in [4.69, 9.17) is 9.84 Å². The molecule has 7 heteroatoms. The van der Waals surface area contributed by atoms with Gasteiger partial charge in [0.1, 0.15) is 5.75 Å². The van der Waals surface area contributed by atoms with Crippen LogP contribution in [0, 0.1) is 0 Å². The van der Waals surface area contributed by atoms with E-state index >= 15 is 0 Å². The van der Waals surface area contributed by atoms with Gasteiger partial charge >= 0.3 is 5.97 Å². The molecule has 120 valence electrons. The number of nitrogens with one attached hydrogen (secondary N) is 1. The highest BCUT2D eigenvalue weighted by atomic mass is 16.5. The molecule has 1 amide bonds. The fourth-order valence-electron chi connectivity index (χ4n) is 2.41. The second kappa shape index (κ2) is 6.12. The van der Waals surface area contributed by atoms with Gasteiger partial charge in [-0.1, -0.05) is 0 Å². The van der Waals surface area contributed by atoms with Gasteiger partial charge in [0, 0.05) is 30.8 Å². The number of amides is 1. The molecule has 1 aliphatic rings. The fourth-order valence-corrected chi connectivity index (χ4v) is 2.41. The molecule has 0 spiro atoms. The Bertz CT molecular complexity index is 723. The Labute approximate surface area is 132 Å². The first-order valence-corrected chi connectivity index (χ1v) is 7.28. The largest absolute Gasteiger partial charge is 0.482 e. The van der Waals surface area contributed by atoms with Crippen LogP contribution >= 0.6 is 0 Å². The average Bonchev–Trinajstić information content (AvgIpc) is 3.15. The molecule has 1 aromatic carbocycles. The maximum atomic E-state index is 12.2. The zero-order valence-corrected chi connectivity index (χ0v) is 12.6. The van der Waals surface area contributed by atoms with Crippen LogP contribution in [0.1, 0.15) is 28.4 Å². The minimum absolute atomic E-state index is 0.111. The molecule has 1 aliphatic carbocycles. The third-order valence-electron chi connectivity index (χ3n) is 3.70. The zero-order valence-electron chi connectivity index (χ0n) is 12.6. The predicted octanol–water partition coefficient (Wildman–Crippen LogP) is 1.17. The van der Waals surface area contributed by atoms with Crippen molar-refractivity contribution in [3.8, 4) is 5.75 Å². The van der Waals surface area contributed by atoms with E-state index in [1.54, 1.807) is 28.9 Å². The molecule has 2 atom stereocenters. The number of carbonyl (C=O) groups is 2. The number of hydrogen-bond acceptors (Lipinski definition) is 4. The highest BCUT2D eigenvalue weighted by Crippen LogP contribution is 2.39. The summed E-state index contributed by atoms with van der Waals surface area (Å²) in [5.74, 6) is -0.501. The molecule has 1 heterocycles. The minimum atomic E-state index is -1.04. The number of carboxylic acids is 1. The molecule has 0 unspecified atom stereocenters. The van der Waals surface area contributed by atoms with Crippen LogP contribution in [0.3, 0.4) is 0 Å². The molecule has 0 bridgehead atoms. The molecule has 0 radical (unpaired) electrons. The van der Waals surface area contributed by atoms with Gasteiger partial charge < -0.3 is 15.2 Å². The van der Waals surface area contributed by atoms with Crippen molar-refractivity contribution in [3.05, 3.63) is 47.8 Å². The molecule has 2 N–H and O–H groups in total. The smallest absolute Gasteiger partial charge is 0.341 e. The summed E-state index contributed by atoms with van der Waals surface area (Å²) in [6, 6.07) is 8.48. The van der Waals surface area contributed by atoms with Crippen LogP contribution in [0.25, 0.3) is 0 Å². The highest BCUT2D eigenvalue weighted by molar-refractivity contribution is 5.94. The Balaban J connectivity index is 1.54. The van der Waals surface area contributed by atoms with Gasteiger partial charge in [0.05, 0.1) is 5.69 Å². The van der Waals surface area contributed by atoms with Crippen molar-refractivity contribution < 1.29 is 19.4 Å². The van der Waals surface area contributed by atoms with E-state index in [0.717, 1.165) is 12.1 Å². The van der Waals surface area contributed by atoms with Gasteiger partial charge in [-0.05, 0) is 36.8 Å². The quantitative estimate of drug-likeness (QED) is 0.834. The second-order valence-electron chi connectivity index (χ2n) is 5.54. The molecule has 0 aliphatic heterocycles. The van der Waals surface area contributed by atoms with Gasteiger partial charge in [0.25, 0.3) is 5.91 Å². The van der Waals surface area contributed by atoms with E-state index in [1.165, 1.54) is 0 Å². The number of benzene rings is 1. The Morgan fingerprint density at radius 1 is 1.35 bits per heavy atom. The SMILES string of the molecule is Cn1ccc([C@@H]2C[C@H]2NC(=O)c2ccc(OCC(=O)O)cc2)n1. The van der Waals surface area contributed by atoms with Crippen molar-refractivity contribution in [3.63, 3.8) is 0 Å². The van der Waals surface area contributed by atoms with E-state index in [9.17, 15) is 9.59 Å². The number of carbonyl (C=O) groups excluding carboxylic acids is 1. The molecule has 23 heavy (non-hydrogen) atoms. The van der Waals surface area contributed by atoms with Gasteiger partial charge in [0.2, 0.25) is 0 Å². The van der Waals surface area contributed by atoms with Crippen molar-refractivity contribution >= 4 is 11.9 Å². The van der Waals surface area contributed by atoms with Crippen molar-refractivity contribution in [2.45, 2.75) is 18.4 Å². The number of carboxylic acid groups (broad SMARTS) is 1. The monoisotopic (exact) mass is 315 g/mol. The summed E-state index contributed by atoms with van der Waals surface area (Å²) in [4.78, 5) is 22.6. The Hall–Kier alpha value is -2.83. The van der Waals surface area contributed by atoms with Gasteiger partial charge in [0.15, 0.2) is 6.61 Å². The number of aromatic nitrogens is 2. The van der Waals surface area contributed by atoms with Crippen LogP contribution in [0.5, 0.6) is 5.75 Å². The lowest BCUT2D eigenvalue weighted by molar-refractivity contribution is -0.139. The summed E-state index contributed by atoms with van der Waals surface area (Å²) >= 11 is 0. The van der Waals surface area contributed by atoms with Gasteiger partial charge in [-0.15, -0.1) is 0 Å². The Morgan fingerprint density at radius 2 is 2.09 bits per heavy atom. The van der Waals surface area contributed by atoms with Crippen molar-refractivity contribution in [1.82, 2.24) is 15.1 Å². The van der Waals surface area contributed by atoms with Crippen LogP contribution in [0.2, 0.25) is 0 Å². The minimum Gasteiger partial charge on any atom is -0.482 e. The molecule has 0 saturated heterocycles. The standard InChI is InChI=1S/C16H17N3O4/c1-19-7-6-13(18-19)12-8-14(12)17-16(22)10-2-4-11(5-3-10)23-9-15(20)21/h2-7,12,14H,8-9H2,1H3,(H,17,22)(H,20,21)/t12-,14+/m0/s1. The summed E-state index contributed by atoms with van der Waals surface area (Å²) in [6.45, 7) is -0.403. The van der Waals surface area contributed by atoms with Crippen LogP contribution in [0.15, 0.2) is 36.5 Å². The van der Waals surface area contributed by atoms with E-state index in [0.29, 0.717) is 11.3 Å². The fraction of sp³-hybridized carbons (Fsp3) is 0.312. The van der Waals surface area contributed by atoms with E-state index in [2.05, 4.69) is 10.4 Å². The normalized spacial score (nSPS) is 19.2. The summed E-state index contributed by atoms with van der Waals surface area (Å²) in [5.41, 5.74) is 1.51. The molecule has 2 aromatic rings. The third kappa shape index (κ3) is 3.68.